The van der Waals surface area contributed by atoms with Gasteiger partial charge in [0.05, 0.1) is 6.61 Å². The smallest absolute Gasteiger partial charge is 0.246 e. The van der Waals surface area contributed by atoms with E-state index >= 15 is 0 Å². The summed E-state index contributed by atoms with van der Waals surface area (Å²) in [5.41, 5.74) is 1.06. The van der Waals surface area contributed by atoms with Gasteiger partial charge < -0.3 is 15.2 Å². The SMILES string of the molecule is CCC(CCO)CNC(=O)COCc1ccccc1. The summed E-state index contributed by atoms with van der Waals surface area (Å²) in [6, 6.07) is 9.76. The number of hydrogen-bond acceptors (Lipinski definition) is 3. The number of ether oxygens (including phenoxy) is 1. The third-order valence-corrected chi connectivity index (χ3v) is 3.05. The second-order valence-electron chi connectivity index (χ2n) is 4.57. The van der Waals surface area contributed by atoms with Gasteiger partial charge in [-0.05, 0) is 17.9 Å². The van der Waals surface area contributed by atoms with Crippen LogP contribution >= 0.6 is 0 Å². The zero-order chi connectivity index (χ0) is 13.9. The van der Waals surface area contributed by atoms with Crippen molar-refractivity contribution in [3.8, 4) is 0 Å². The van der Waals surface area contributed by atoms with Crippen molar-refractivity contribution < 1.29 is 14.6 Å². The minimum absolute atomic E-state index is 0.0739. The molecule has 0 bridgehead atoms. The molecule has 0 aromatic heterocycles. The van der Waals surface area contributed by atoms with Gasteiger partial charge >= 0.3 is 0 Å². The highest BCUT2D eigenvalue weighted by Gasteiger charge is 2.08. The summed E-state index contributed by atoms with van der Waals surface area (Å²) >= 11 is 0. The Morgan fingerprint density at radius 3 is 2.74 bits per heavy atom. The lowest BCUT2D eigenvalue weighted by atomic mass is 10.0. The lowest BCUT2D eigenvalue weighted by Gasteiger charge is -2.14. The molecule has 106 valence electrons. The molecule has 0 aliphatic carbocycles. The Balaban J connectivity index is 2.14. The zero-order valence-corrected chi connectivity index (χ0v) is 11.5. The molecule has 4 nitrogen and oxygen atoms in total. The van der Waals surface area contributed by atoms with Crippen LogP contribution in [0.2, 0.25) is 0 Å². The molecule has 0 spiro atoms. The Hall–Kier alpha value is -1.39. The van der Waals surface area contributed by atoms with E-state index in [-0.39, 0.29) is 19.1 Å². The molecule has 0 saturated carbocycles. The van der Waals surface area contributed by atoms with Gasteiger partial charge in [-0.25, -0.2) is 0 Å². The quantitative estimate of drug-likeness (QED) is 0.715. The predicted molar refractivity (Wildman–Crippen MR) is 74.6 cm³/mol. The van der Waals surface area contributed by atoms with Crippen LogP contribution in [0.3, 0.4) is 0 Å². The number of aliphatic hydroxyl groups is 1. The Kier molecular flexibility index (Phi) is 7.86. The summed E-state index contributed by atoms with van der Waals surface area (Å²) < 4.78 is 5.35. The maximum Gasteiger partial charge on any atom is 0.246 e. The highest BCUT2D eigenvalue weighted by atomic mass is 16.5. The van der Waals surface area contributed by atoms with Crippen molar-refractivity contribution >= 4 is 5.91 Å². The highest BCUT2D eigenvalue weighted by Crippen LogP contribution is 2.05. The van der Waals surface area contributed by atoms with Gasteiger partial charge in [0.15, 0.2) is 0 Å². The maximum absolute atomic E-state index is 11.6. The van der Waals surface area contributed by atoms with Gasteiger partial charge in [-0.2, -0.15) is 0 Å². The van der Waals surface area contributed by atoms with E-state index in [1.165, 1.54) is 0 Å². The van der Waals surface area contributed by atoms with Crippen molar-refractivity contribution in [2.24, 2.45) is 5.92 Å². The van der Waals surface area contributed by atoms with Crippen LogP contribution in [0.5, 0.6) is 0 Å². The molecule has 19 heavy (non-hydrogen) atoms. The number of benzene rings is 1. The van der Waals surface area contributed by atoms with Crippen LogP contribution in [0.4, 0.5) is 0 Å². The van der Waals surface area contributed by atoms with Crippen LogP contribution in [-0.2, 0) is 16.1 Å². The van der Waals surface area contributed by atoms with E-state index in [2.05, 4.69) is 12.2 Å². The Bertz CT molecular complexity index is 354. The normalized spacial score (nSPS) is 12.1. The van der Waals surface area contributed by atoms with Crippen LogP contribution in [-0.4, -0.2) is 30.8 Å². The van der Waals surface area contributed by atoms with Crippen molar-refractivity contribution in [1.82, 2.24) is 5.32 Å². The van der Waals surface area contributed by atoms with Crippen molar-refractivity contribution in [3.05, 3.63) is 35.9 Å². The van der Waals surface area contributed by atoms with E-state index in [0.29, 0.717) is 19.1 Å². The summed E-state index contributed by atoms with van der Waals surface area (Å²) in [6.07, 6.45) is 1.67. The average molecular weight is 265 g/mol. The average Bonchev–Trinajstić information content (AvgIpc) is 2.44. The molecule has 2 N–H and O–H groups in total. The van der Waals surface area contributed by atoms with Crippen molar-refractivity contribution in [2.75, 3.05) is 19.8 Å². The van der Waals surface area contributed by atoms with Crippen LogP contribution in [0.25, 0.3) is 0 Å². The molecule has 1 aromatic rings. The molecule has 0 aliphatic rings. The van der Waals surface area contributed by atoms with Gasteiger partial charge in [0.1, 0.15) is 6.61 Å². The van der Waals surface area contributed by atoms with Crippen molar-refractivity contribution in [3.63, 3.8) is 0 Å². The minimum Gasteiger partial charge on any atom is -0.396 e. The van der Waals surface area contributed by atoms with Gasteiger partial charge in [0, 0.05) is 13.2 Å². The summed E-state index contributed by atoms with van der Waals surface area (Å²) in [4.78, 5) is 11.6. The molecular weight excluding hydrogens is 242 g/mol. The first-order valence-electron chi connectivity index (χ1n) is 6.75. The van der Waals surface area contributed by atoms with Crippen LogP contribution < -0.4 is 5.32 Å². The van der Waals surface area contributed by atoms with Crippen LogP contribution in [0, 0.1) is 5.92 Å². The molecule has 0 heterocycles. The van der Waals surface area contributed by atoms with Crippen LogP contribution in [0.1, 0.15) is 25.3 Å². The first kappa shape index (κ1) is 15.7. The monoisotopic (exact) mass is 265 g/mol. The van der Waals surface area contributed by atoms with Gasteiger partial charge in [-0.1, -0.05) is 43.7 Å². The number of hydrogen-bond donors (Lipinski definition) is 2. The lowest BCUT2D eigenvalue weighted by Crippen LogP contribution is -2.32. The molecule has 1 unspecified atom stereocenters. The second-order valence-corrected chi connectivity index (χ2v) is 4.57. The van der Waals surface area contributed by atoms with E-state index in [9.17, 15) is 4.79 Å². The molecule has 0 aliphatic heterocycles. The van der Waals surface area contributed by atoms with E-state index in [0.717, 1.165) is 18.4 Å². The van der Waals surface area contributed by atoms with E-state index in [1.807, 2.05) is 30.3 Å². The predicted octanol–water partition coefficient (Wildman–Crippen LogP) is 1.73. The number of nitrogens with one attached hydrogen (secondary N) is 1. The maximum atomic E-state index is 11.6. The Labute approximate surface area is 114 Å². The first-order chi connectivity index (χ1) is 9.26. The molecule has 1 aromatic carbocycles. The molecule has 0 fully saturated rings. The number of carbonyl (C=O) groups excluding carboxylic acids is 1. The molecule has 0 saturated heterocycles. The molecule has 1 atom stereocenters. The largest absolute Gasteiger partial charge is 0.396 e. The first-order valence-corrected chi connectivity index (χ1v) is 6.75. The topological polar surface area (TPSA) is 58.6 Å². The summed E-state index contributed by atoms with van der Waals surface area (Å²) in [6.45, 7) is 3.34. The molecule has 1 amide bonds. The standard InChI is InChI=1S/C15H23NO3/c1-2-13(8-9-17)10-16-15(18)12-19-11-14-6-4-3-5-7-14/h3-7,13,17H,2,8-12H2,1H3,(H,16,18). The fourth-order valence-corrected chi connectivity index (χ4v) is 1.78. The molecular formula is C15H23NO3. The van der Waals surface area contributed by atoms with Crippen molar-refractivity contribution in [2.45, 2.75) is 26.4 Å². The summed E-state index contributed by atoms with van der Waals surface area (Å²) in [5.74, 6) is 0.232. The van der Waals surface area contributed by atoms with Crippen LogP contribution in [0.15, 0.2) is 30.3 Å². The number of amides is 1. The molecule has 4 heteroatoms. The molecule has 0 radical (unpaired) electrons. The van der Waals surface area contributed by atoms with Gasteiger partial charge in [-0.3, -0.25) is 4.79 Å². The van der Waals surface area contributed by atoms with Gasteiger partial charge in [0.2, 0.25) is 5.91 Å². The second kappa shape index (κ2) is 9.53. The number of carbonyl (C=O) groups is 1. The summed E-state index contributed by atoms with van der Waals surface area (Å²) in [7, 11) is 0. The van der Waals surface area contributed by atoms with E-state index in [4.69, 9.17) is 9.84 Å². The Morgan fingerprint density at radius 1 is 1.37 bits per heavy atom. The minimum atomic E-state index is -0.104. The van der Waals surface area contributed by atoms with Crippen molar-refractivity contribution in [1.29, 1.82) is 0 Å². The zero-order valence-electron chi connectivity index (χ0n) is 11.5. The fraction of sp³-hybridized carbons (Fsp3) is 0.533. The van der Waals surface area contributed by atoms with E-state index in [1.54, 1.807) is 0 Å². The van der Waals surface area contributed by atoms with E-state index < -0.39 is 0 Å². The summed E-state index contributed by atoms with van der Waals surface area (Å²) in [5, 5.41) is 11.7. The number of rotatable bonds is 9. The third-order valence-electron chi connectivity index (χ3n) is 3.05. The lowest BCUT2D eigenvalue weighted by molar-refractivity contribution is -0.126. The van der Waals surface area contributed by atoms with Gasteiger partial charge in [-0.15, -0.1) is 0 Å². The highest BCUT2D eigenvalue weighted by molar-refractivity contribution is 5.77. The third kappa shape index (κ3) is 6.94. The molecule has 1 rings (SSSR count). The number of aliphatic hydroxyl groups excluding tert-OH is 1. The van der Waals surface area contributed by atoms with Gasteiger partial charge in [0.25, 0.3) is 0 Å². The fourth-order valence-electron chi connectivity index (χ4n) is 1.78. The Morgan fingerprint density at radius 2 is 2.11 bits per heavy atom.